The zero-order valence-corrected chi connectivity index (χ0v) is 18.9. The summed E-state index contributed by atoms with van der Waals surface area (Å²) in [5.41, 5.74) is 12.0. The highest BCUT2D eigenvalue weighted by atomic mass is 14.7. The molecule has 0 spiro atoms. The number of fused-ring (bicyclic) bond motifs is 3. The Hall–Kier alpha value is -3.97. The van der Waals surface area contributed by atoms with Crippen LogP contribution in [0.4, 0.5) is 0 Å². The average molecular weight is 424 g/mol. The van der Waals surface area contributed by atoms with Gasteiger partial charge in [-0.3, -0.25) is 0 Å². The van der Waals surface area contributed by atoms with E-state index < -0.39 is 0 Å². The molecule has 0 saturated heterocycles. The van der Waals surface area contributed by atoms with Crippen LogP contribution in [0, 0.1) is 0 Å². The summed E-state index contributed by atoms with van der Waals surface area (Å²) in [6.45, 7) is 4.59. The predicted octanol–water partition coefficient (Wildman–Crippen LogP) is 8.39. The van der Waals surface area contributed by atoms with E-state index in [2.05, 4.69) is 129 Å². The lowest BCUT2D eigenvalue weighted by Gasteiger charge is -2.21. The van der Waals surface area contributed by atoms with Crippen LogP contribution in [0.5, 0.6) is 0 Å². The smallest absolute Gasteiger partial charge is 0.0753 e. The molecule has 0 radical (unpaired) electrons. The molecule has 1 heterocycles. The predicted molar refractivity (Wildman–Crippen MR) is 138 cm³/mol. The van der Waals surface area contributed by atoms with E-state index in [9.17, 15) is 0 Å². The molecular weight excluding hydrogens is 398 g/mol. The molecule has 1 heteroatoms. The molecule has 6 rings (SSSR count). The summed E-state index contributed by atoms with van der Waals surface area (Å²) in [7, 11) is 0. The monoisotopic (exact) mass is 423 g/mol. The first-order chi connectivity index (χ1) is 16.1. The van der Waals surface area contributed by atoms with Crippen molar-refractivity contribution in [2.24, 2.45) is 0 Å². The SMILES string of the molecule is CC1(C)c2ccccc2-c2nc(-c3cc(-c4ccccc4)cc(-c4ccccc4)c3)ccc21. The first kappa shape index (κ1) is 19.7. The summed E-state index contributed by atoms with van der Waals surface area (Å²) in [5, 5.41) is 0. The lowest BCUT2D eigenvalue weighted by atomic mass is 9.83. The van der Waals surface area contributed by atoms with Gasteiger partial charge in [-0.1, -0.05) is 105 Å². The molecule has 0 bridgehead atoms. The van der Waals surface area contributed by atoms with Crippen LogP contribution in [-0.4, -0.2) is 4.98 Å². The maximum atomic E-state index is 5.23. The van der Waals surface area contributed by atoms with Crippen molar-refractivity contribution in [2.45, 2.75) is 19.3 Å². The fraction of sp³-hybridized carbons (Fsp3) is 0.0938. The molecule has 158 valence electrons. The highest BCUT2D eigenvalue weighted by molar-refractivity contribution is 5.83. The molecule has 4 aromatic carbocycles. The summed E-state index contributed by atoms with van der Waals surface area (Å²) in [5.74, 6) is 0. The second kappa shape index (κ2) is 7.56. The maximum absolute atomic E-state index is 5.23. The van der Waals surface area contributed by atoms with Gasteiger partial charge < -0.3 is 0 Å². The highest BCUT2D eigenvalue weighted by Crippen LogP contribution is 2.48. The second-order valence-electron chi connectivity index (χ2n) is 9.29. The fourth-order valence-corrected chi connectivity index (χ4v) is 5.08. The molecule has 0 fully saturated rings. The van der Waals surface area contributed by atoms with Crippen molar-refractivity contribution in [2.75, 3.05) is 0 Å². The third kappa shape index (κ3) is 3.29. The molecule has 0 saturated carbocycles. The number of nitrogens with zero attached hydrogens (tertiary/aromatic N) is 1. The topological polar surface area (TPSA) is 12.9 Å². The summed E-state index contributed by atoms with van der Waals surface area (Å²) in [6.07, 6.45) is 0. The molecule has 1 nitrogen and oxygen atoms in total. The second-order valence-corrected chi connectivity index (χ2v) is 9.29. The van der Waals surface area contributed by atoms with E-state index in [0.717, 1.165) is 17.0 Å². The van der Waals surface area contributed by atoms with E-state index in [1.54, 1.807) is 0 Å². The van der Waals surface area contributed by atoms with E-state index in [0.29, 0.717) is 0 Å². The van der Waals surface area contributed by atoms with Gasteiger partial charge in [-0.15, -0.1) is 0 Å². The number of benzene rings is 4. The number of hydrogen-bond donors (Lipinski definition) is 0. The largest absolute Gasteiger partial charge is 0.247 e. The molecule has 5 aromatic rings. The van der Waals surface area contributed by atoms with Gasteiger partial charge in [0.05, 0.1) is 11.4 Å². The Labute approximate surface area is 195 Å². The Kier molecular flexibility index (Phi) is 4.52. The lowest BCUT2D eigenvalue weighted by molar-refractivity contribution is 0.659. The van der Waals surface area contributed by atoms with E-state index in [-0.39, 0.29) is 5.41 Å². The fourth-order valence-electron chi connectivity index (χ4n) is 5.08. The average Bonchev–Trinajstić information content (AvgIpc) is 3.11. The quantitative estimate of drug-likeness (QED) is 0.284. The molecule has 0 aliphatic heterocycles. The minimum Gasteiger partial charge on any atom is -0.247 e. The van der Waals surface area contributed by atoms with Crippen LogP contribution in [0.25, 0.3) is 44.8 Å². The van der Waals surface area contributed by atoms with Crippen molar-refractivity contribution < 1.29 is 0 Å². The summed E-state index contributed by atoms with van der Waals surface area (Å²) in [4.78, 5) is 5.23. The molecule has 1 aromatic heterocycles. The van der Waals surface area contributed by atoms with Gasteiger partial charge in [0.15, 0.2) is 0 Å². The van der Waals surface area contributed by atoms with Crippen LogP contribution >= 0.6 is 0 Å². The molecule has 0 N–H and O–H groups in total. The third-order valence-corrected chi connectivity index (χ3v) is 6.87. The summed E-state index contributed by atoms with van der Waals surface area (Å²) < 4.78 is 0. The lowest BCUT2D eigenvalue weighted by Crippen LogP contribution is -2.14. The Morgan fingerprint density at radius 2 is 1.03 bits per heavy atom. The van der Waals surface area contributed by atoms with Gasteiger partial charge >= 0.3 is 0 Å². The zero-order chi connectivity index (χ0) is 22.4. The molecule has 33 heavy (non-hydrogen) atoms. The van der Waals surface area contributed by atoms with E-state index >= 15 is 0 Å². The van der Waals surface area contributed by atoms with E-state index in [4.69, 9.17) is 4.98 Å². The Balaban J connectivity index is 1.55. The molecule has 1 aliphatic carbocycles. The summed E-state index contributed by atoms with van der Waals surface area (Å²) in [6, 6.07) is 41.1. The highest BCUT2D eigenvalue weighted by Gasteiger charge is 2.36. The molecule has 0 amide bonds. The Morgan fingerprint density at radius 3 is 1.67 bits per heavy atom. The molecule has 0 atom stereocenters. The van der Waals surface area contributed by atoms with Gasteiger partial charge in [0.25, 0.3) is 0 Å². The summed E-state index contributed by atoms with van der Waals surface area (Å²) >= 11 is 0. The number of aromatic nitrogens is 1. The maximum Gasteiger partial charge on any atom is 0.0753 e. The third-order valence-electron chi connectivity index (χ3n) is 6.87. The van der Waals surface area contributed by atoms with Gasteiger partial charge in [-0.2, -0.15) is 0 Å². The van der Waals surface area contributed by atoms with Crippen LogP contribution in [0.2, 0.25) is 0 Å². The minimum atomic E-state index is -0.0292. The normalized spacial score (nSPS) is 13.4. The number of rotatable bonds is 3. The zero-order valence-electron chi connectivity index (χ0n) is 18.9. The van der Waals surface area contributed by atoms with E-state index in [1.165, 1.54) is 38.9 Å². The van der Waals surface area contributed by atoms with Gasteiger partial charge in [0.1, 0.15) is 0 Å². The first-order valence-electron chi connectivity index (χ1n) is 11.5. The van der Waals surface area contributed by atoms with Crippen molar-refractivity contribution in [3.8, 4) is 44.8 Å². The van der Waals surface area contributed by atoms with Gasteiger partial charge in [0, 0.05) is 16.5 Å². The van der Waals surface area contributed by atoms with Crippen LogP contribution < -0.4 is 0 Å². The van der Waals surface area contributed by atoms with Gasteiger partial charge in [-0.05, 0) is 57.6 Å². The van der Waals surface area contributed by atoms with Crippen LogP contribution in [0.3, 0.4) is 0 Å². The Bertz CT molecular complexity index is 1410. The van der Waals surface area contributed by atoms with Crippen molar-refractivity contribution in [3.05, 3.63) is 126 Å². The van der Waals surface area contributed by atoms with Crippen LogP contribution in [0.15, 0.2) is 115 Å². The molecule has 0 unspecified atom stereocenters. The molecule has 1 aliphatic rings. The number of hydrogen-bond acceptors (Lipinski definition) is 1. The first-order valence-corrected chi connectivity index (χ1v) is 11.5. The van der Waals surface area contributed by atoms with Crippen LogP contribution in [-0.2, 0) is 5.41 Å². The standard InChI is InChI=1S/C32H25N/c1-32(2)28-16-10-9-15-27(28)31-29(32)17-18-30(33-31)26-20-24(22-11-5-3-6-12-22)19-25(21-26)23-13-7-4-8-14-23/h3-21H,1-2H3. The van der Waals surface area contributed by atoms with E-state index in [1.807, 2.05) is 0 Å². The van der Waals surface area contributed by atoms with Crippen molar-refractivity contribution >= 4 is 0 Å². The van der Waals surface area contributed by atoms with Gasteiger partial charge in [0.2, 0.25) is 0 Å². The van der Waals surface area contributed by atoms with Gasteiger partial charge in [-0.25, -0.2) is 4.98 Å². The molecular formula is C32H25N. The number of pyridine rings is 1. The Morgan fingerprint density at radius 1 is 0.485 bits per heavy atom. The van der Waals surface area contributed by atoms with Crippen LogP contribution in [0.1, 0.15) is 25.0 Å². The van der Waals surface area contributed by atoms with Crippen molar-refractivity contribution in [1.82, 2.24) is 4.98 Å². The van der Waals surface area contributed by atoms with Crippen molar-refractivity contribution in [1.29, 1.82) is 0 Å². The minimum absolute atomic E-state index is 0.0292. The van der Waals surface area contributed by atoms with Crippen molar-refractivity contribution in [3.63, 3.8) is 0 Å².